The zero-order valence-electron chi connectivity index (χ0n) is 13.2. The minimum absolute atomic E-state index is 0.0460. The molecule has 0 radical (unpaired) electrons. The summed E-state index contributed by atoms with van der Waals surface area (Å²) in [5, 5.41) is 12.9. The second kappa shape index (κ2) is 6.05. The molecule has 1 aromatic heterocycles. The van der Waals surface area contributed by atoms with Crippen LogP contribution in [0.15, 0.2) is 42.6 Å². The predicted molar refractivity (Wildman–Crippen MR) is 92.0 cm³/mol. The molecular formula is C18H18ClNO3. The van der Waals surface area contributed by atoms with Crippen molar-refractivity contribution < 1.29 is 14.6 Å². The van der Waals surface area contributed by atoms with Crippen LogP contribution >= 0.6 is 11.6 Å². The number of hydrogen-bond acceptors (Lipinski definition) is 3. The Bertz CT molecular complexity index is 840. The number of aromatic hydroxyl groups is 1. The molecule has 120 valence electrons. The molecule has 23 heavy (non-hydrogen) atoms. The average molecular weight is 332 g/mol. The number of halogens is 1. The van der Waals surface area contributed by atoms with Crippen LogP contribution in [-0.2, 0) is 0 Å². The topological polar surface area (TPSA) is 43.6 Å². The van der Waals surface area contributed by atoms with E-state index in [0.29, 0.717) is 21.9 Å². The summed E-state index contributed by atoms with van der Waals surface area (Å²) < 4.78 is 12.5. The summed E-state index contributed by atoms with van der Waals surface area (Å²) in [7, 11) is 3.18. The van der Waals surface area contributed by atoms with Gasteiger partial charge in [-0.2, -0.15) is 0 Å². The van der Waals surface area contributed by atoms with Crippen molar-refractivity contribution in [2.75, 3.05) is 14.2 Å². The van der Waals surface area contributed by atoms with Gasteiger partial charge >= 0.3 is 0 Å². The average Bonchev–Trinajstić information content (AvgIpc) is 2.91. The molecule has 1 atom stereocenters. The Kier molecular flexibility index (Phi) is 4.09. The van der Waals surface area contributed by atoms with Gasteiger partial charge in [0.25, 0.3) is 0 Å². The van der Waals surface area contributed by atoms with Gasteiger partial charge in [0.2, 0.25) is 5.88 Å². The molecule has 4 nitrogen and oxygen atoms in total. The molecule has 0 aliphatic carbocycles. The van der Waals surface area contributed by atoms with Crippen LogP contribution in [0.3, 0.4) is 0 Å². The van der Waals surface area contributed by atoms with Crippen molar-refractivity contribution in [1.29, 1.82) is 0 Å². The van der Waals surface area contributed by atoms with E-state index >= 15 is 0 Å². The zero-order chi connectivity index (χ0) is 16.6. The standard InChI is InChI=1S/C18H18ClNO3/c1-11(12-4-6-14(19)7-5-12)20-10-13-8-15(22-2)9-16(23-3)17(13)18(20)21/h4-11,21H,1-3H3/t11-/m0/s1. The van der Waals surface area contributed by atoms with E-state index in [9.17, 15) is 5.11 Å². The number of benzene rings is 2. The highest BCUT2D eigenvalue weighted by molar-refractivity contribution is 6.30. The highest BCUT2D eigenvalue weighted by Gasteiger charge is 2.19. The molecule has 0 amide bonds. The van der Waals surface area contributed by atoms with Gasteiger partial charge in [-0.1, -0.05) is 23.7 Å². The van der Waals surface area contributed by atoms with Crippen LogP contribution in [0.1, 0.15) is 18.5 Å². The number of rotatable bonds is 4. The number of hydrogen-bond donors (Lipinski definition) is 1. The van der Waals surface area contributed by atoms with Gasteiger partial charge in [0.15, 0.2) is 0 Å². The summed E-state index contributed by atoms with van der Waals surface area (Å²) in [5.41, 5.74) is 1.05. The molecular weight excluding hydrogens is 314 g/mol. The van der Waals surface area contributed by atoms with Crippen LogP contribution in [0.25, 0.3) is 10.8 Å². The molecule has 0 bridgehead atoms. The second-order valence-electron chi connectivity index (χ2n) is 5.38. The summed E-state index contributed by atoms with van der Waals surface area (Å²) in [5.74, 6) is 1.44. The monoisotopic (exact) mass is 331 g/mol. The fourth-order valence-electron chi connectivity index (χ4n) is 2.77. The van der Waals surface area contributed by atoms with E-state index in [2.05, 4.69) is 0 Å². The Labute approximate surface area is 139 Å². The normalized spacial score (nSPS) is 12.3. The summed E-state index contributed by atoms with van der Waals surface area (Å²) >= 11 is 5.94. The fraction of sp³-hybridized carbons (Fsp3) is 0.222. The lowest BCUT2D eigenvalue weighted by atomic mass is 10.1. The molecule has 1 N–H and O–H groups in total. The highest BCUT2D eigenvalue weighted by atomic mass is 35.5. The van der Waals surface area contributed by atoms with Gasteiger partial charge in [-0.25, -0.2) is 0 Å². The molecule has 5 heteroatoms. The first-order chi connectivity index (χ1) is 11.0. The molecule has 3 aromatic rings. The predicted octanol–water partition coefficient (Wildman–Crippen LogP) is 4.63. The van der Waals surface area contributed by atoms with Gasteiger partial charge in [0, 0.05) is 22.7 Å². The molecule has 0 aliphatic heterocycles. The largest absolute Gasteiger partial charge is 0.497 e. The highest BCUT2D eigenvalue weighted by Crippen LogP contribution is 2.40. The van der Waals surface area contributed by atoms with Gasteiger partial charge < -0.3 is 19.1 Å². The van der Waals surface area contributed by atoms with E-state index in [4.69, 9.17) is 21.1 Å². The SMILES string of the molecule is COc1cc(OC)c2c(O)n([C@@H](C)c3ccc(Cl)cc3)cc2c1. The lowest BCUT2D eigenvalue weighted by Gasteiger charge is -2.15. The maximum absolute atomic E-state index is 10.7. The van der Waals surface area contributed by atoms with Crippen molar-refractivity contribution in [3.8, 4) is 17.4 Å². The molecule has 3 rings (SSSR count). The molecule has 0 spiro atoms. The number of methoxy groups -OCH3 is 2. The Hall–Kier alpha value is -2.33. The summed E-state index contributed by atoms with van der Waals surface area (Å²) in [6.07, 6.45) is 1.90. The quantitative estimate of drug-likeness (QED) is 0.758. The van der Waals surface area contributed by atoms with Crippen molar-refractivity contribution >= 4 is 22.4 Å². The molecule has 0 saturated carbocycles. The lowest BCUT2D eigenvalue weighted by Crippen LogP contribution is -2.04. The number of nitrogens with zero attached hydrogens (tertiary/aromatic N) is 1. The summed E-state index contributed by atoms with van der Waals surface area (Å²) in [6.45, 7) is 2.02. The summed E-state index contributed by atoms with van der Waals surface area (Å²) in [6, 6.07) is 11.2. The van der Waals surface area contributed by atoms with Gasteiger partial charge in [-0.05, 0) is 30.7 Å². The minimum atomic E-state index is -0.0460. The third kappa shape index (κ3) is 2.70. The number of fused-ring (bicyclic) bond motifs is 1. The summed E-state index contributed by atoms with van der Waals surface area (Å²) in [4.78, 5) is 0. The Balaban J connectivity index is 2.14. The van der Waals surface area contributed by atoms with E-state index in [-0.39, 0.29) is 11.9 Å². The lowest BCUT2D eigenvalue weighted by molar-refractivity contribution is 0.392. The minimum Gasteiger partial charge on any atom is -0.497 e. The van der Waals surface area contributed by atoms with Crippen LogP contribution < -0.4 is 9.47 Å². The Morgan fingerprint density at radius 2 is 1.78 bits per heavy atom. The van der Waals surface area contributed by atoms with Crippen molar-refractivity contribution in [2.45, 2.75) is 13.0 Å². The molecule has 1 heterocycles. The number of aromatic nitrogens is 1. The molecule has 2 aromatic carbocycles. The molecule has 0 saturated heterocycles. The van der Waals surface area contributed by atoms with Gasteiger partial charge in [-0.15, -0.1) is 0 Å². The third-order valence-corrected chi connectivity index (χ3v) is 4.33. The van der Waals surface area contributed by atoms with Crippen LogP contribution in [0, 0.1) is 0 Å². The third-order valence-electron chi connectivity index (χ3n) is 4.08. The second-order valence-corrected chi connectivity index (χ2v) is 5.82. The first kappa shape index (κ1) is 15.6. The smallest absolute Gasteiger partial charge is 0.203 e. The van der Waals surface area contributed by atoms with Gasteiger partial charge in [0.1, 0.15) is 11.5 Å². The maximum atomic E-state index is 10.7. The Morgan fingerprint density at radius 1 is 1.09 bits per heavy atom. The first-order valence-corrected chi connectivity index (χ1v) is 7.64. The molecule has 0 unspecified atom stereocenters. The van der Waals surface area contributed by atoms with E-state index in [1.807, 2.05) is 48.0 Å². The molecule has 0 aliphatic rings. The maximum Gasteiger partial charge on any atom is 0.203 e. The van der Waals surface area contributed by atoms with Crippen LogP contribution in [0.4, 0.5) is 0 Å². The van der Waals surface area contributed by atoms with Crippen LogP contribution in [-0.4, -0.2) is 23.9 Å². The Morgan fingerprint density at radius 3 is 2.39 bits per heavy atom. The van der Waals surface area contributed by atoms with Gasteiger partial charge in [-0.3, -0.25) is 0 Å². The van der Waals surface area contributed by atoms with E-state index in [0.717, 1.165) is 10.9 Å². The van der Waals surface area contributed by atoms with Crippen molar-refractivity contribution in [3.63, 3.8) is 0 Å². The molecule has 0 fully saturated rings. The van der Waals surface area contributed by atoms with Crippen LogP contribution in [0.5, 0.6) is 17.4 Å². The van der Waals surface area contributed by atoms with Crippen LogP contribution in [0.2, 0.25) is 5.02 Å². The van der Waals surface area contributed by atoms with E-state index in [1.54, 1.807) is 20.3 Å². The fourth-order valence-corrected chi connectivity index (χ4v) is 2.89. The van der Waals surface area contributed by atoms with Crippen molar-refractivity contribution in [2.24, 2.45) is 0 Å². The van der Waals surface area contributed by atoms with Gasteiger partial charge in [0.05, 0.1) is 25.6 Å². The number of ether oxygens (including phenoxy) is 2. The zero-order valence-corrected chi connectivity index (χ0v) is 14.0. The first-order valence-electron chi connectivity index (χ1n) is 7.26. The van der Waals surface area contributed by atoms with E-state index < -0.39 is 0 Å². The van der Waals surface area contributed by atoms with Crippen molar-refractivity contribution in [3.05, 3.63) is 53.2 Å². The van der Waals surface area contributed by atoms with E-state index in [1.165, 1.54) is 0 Å². The van der Waals surface area contributed by atoms with Crippen molar-refractivity contribution in [1.82, 2.24) is 4.57 Å².